The van der Waals surface area contributed by atoms with Gasteiger partial charge >= 0.3 is 0 Å². The Morgan fingerprint density at radius 3 is 2.47 bits per heavy atom. The Labute approximate surface area is 180 Å². The van der Waals surface area contributed by atoms with Gasteiger partial charge in [0, 0.05) is 18.4 Å². The van der Waals surface area contributed by atoms with Crippen molar-refractivity contribution in [1.29, 1.82) is 0 Å². The van der Waals surface area contributed by atoms with Crippen molar-refractivity contribution >= 4 is 38.9 Å². The highest BCUT2D eigenvalue weighted by molar-refractivity contribution is 7.92. The SMILES string of the molecule is COCc1ccccc1C(=O)Nc1ccc(C)c(S(=O)(=O)Nc2ccccc2Cl)c1. The van der Waals surface area contributed by atoms with Crippen LogP contribution in [0, 0.1) is 6.92 Å². The topological polar surface area (TPSA) is 84.5 Å². The molecule has 0 unspecified atom stereocenters. The van der Waals surface area contributed by atoms with Gasteiger partial charge in [-0.3, -0.25) is 9.52 Å². The fourth-order valence-corrected chi connectivity index (χ4v) is 4.52. The Kier molecular flexibility index (Phi) is 6.77. The molecule has 30 heavy (non-hydrogen) atoms. The molecule has 0 saturated carbocycles. The van der Waals surface area contributed by atoms with E-state index in [1.807, 2.05) is 6.07 Å². The van der Waals surface area contributed by atoms with Crippen molar-refractivity contribution in [2.75, 3.05) is 17.1 Å². The average molecular weight is 445 g/mol. The Morgan fingerprint density at radius 2 is 1.73 bits per heavy atom. The number of nitrogens with one attached hydrogen (secondary N) is 2. The Hall–Kier alpha value is -2.87. The molecule has 156 valence electrons. The van der Waals surface area contributed by atoms with Crippen LogP contribution in [0.1, 0.15) is 21.5 Å². The molecule has 0 saturated heterocycles. The van der Waals surface area contributed by atoms with Crippen LogP contribution in [0.3, 0.4) is 0 Å². The average Bonchev–Trinajstić information content (AvgIpc) is 2.71. The largest absolute Gasteiger partial charge is 0.380 e. The van der Waals surface area contributed by atoms with Crippen LogP contribution in [0.2, 0.25) is 5.02 Å². The number of halogens is 1. The van der Waals surface area contributed by atoms with Crippen LogP contribution in [0.5, 0.6) is 0 Å². The van der Waals surface area contributed by atoms with Crippen molar-refractivity contribution in [2.24, 2.45) is 0 Å². The fraction of sp³-hybridized carbons (Fsp3) is 0.136. The first kappa shape index (κ1) is 21.8. The third-order valence-corrected chi connectivity index (χ3v) is 6.25. The van der Waals surface area contributed by atoms with Gasteiger partial charge in [0.15, 0.2) is 0 Å². The van der Waals surface area contributed by atoms with E-state index in [0.29, 0.717) is 23.4 Å². The van der Waals surface area contributed by atoms with E-state index in [1.165, 1.54) is 6.07 Å². The van der Waals surface area contributed by atoms with Crippen LogP contribution in [-0.2, 0) is 21.4 Å². The summed E-state index contributed by atoms with van der Waals surface area (Å²) in [5, 5.41) is 3.05. The number of rotatable bonds is 7. The van der Waals surface area contributed by atoms with E-state index in [9.17, 15) is 13.2 Å². The molecule has 6 nitrogen and oxygen atoms in total. The summed E-state index contributed by atoms with van der Waals surface area (Å²) < 4.78 is 33.5. The first-order valence-corrected chi connectivity index (χ1v) is 10.9. The summed E-state index contributed by atoms with van der Waals surface area (Å²) in [7, 11) is -2.36. The molecular formula is C22H21ClN2O4S. The fourth-order valence-electron chi connectivity index (χ4n) is 2.93. The van der Waals surface area contributed by atoms with Gasteiger partial charge in [-0.1, -0.05) is 48.0 Å². The molecule has 0 aliphatic carbocycles. The highest BCUT2D eigenvalue weighted by atomic mass is 35.5. The smallest absolute Gasteiger partial charge is 0.262 e. The summed E-state index contributed by atoms with van der Waals surface area (Å²) in [6.45, 7) is 1.97. The van der Waals surface area contributed by atoms with Gasteiger partial charge in [0.05, 0.1) is 22.2 Å². The van der Waals surface area contributed by atoms with Gasteiger partial charge < -0.3 is 10.1 Å². The van der Waals surface area contributed by atoms with Crippen molar-refractivity contribution < 1.29 is 17.9 Å². The molecule has 8 heteroatoms. The predicted octanol–water partition coefficient (Wildman–Crippen LogP) is 4.85. The summed E-state index contributed by atoms with van der Waals surface area (Å²) in [5.41, 5.74) is 2.36. The van der Waals surface area contributed by atoms with Crippen molar-refractivity contribution in [3.05, 3.63) is 88.4 Å². The molecule has 3 rings (SSSR count). The van der Waals surface area contributed by atoms with Crippen molar-refractivity contribution in [3.8, 4) is 0 Å². The molecule has 1 amide bonds. The van der Waals surface area contributed by atoms with E-state index < -0.39 is 10.0 Å². The molecule has 0 fully saturated rings. The molecule has 0 spiro atoms. The van der Waals surface area contributed by atoms with Crippen molar-refractivity contribution in [3.63, 3.8) is 0 Å². The number of sulfonamides is 1. The van der Waals surface area contributed by atoms with Crippen molar-refractivity contribution in [2.45, 2.75) is 18.4 Å². The van der Waals surface area contributed by atoms with E-state index in [0.717, 1.165) is 5.56 Å². The summed E-state index contributed by atoms with van der Waals surface area (Å²) >= 11 is 6.07. The first-order valence-electron chi connectivity index (χ1n) is 9.08. The van der Waals surface area contributed by atoms with Crippen LogP contribution < -0.4 is 10.0 Å². The maximum atomic E-state index is 12.9. The molecular weight excluding hydrogens is 424 g/mol. The lowest BCUT2D eigenvalue weighted by Gasteiger charge is -2.14. The first-order chi connectivity index (χ1) is 14.3. The van der Waals surface area contributed by atoms with Gasteiger partial charge in [-0.05, 0) is 48.4 Å². The third-order valence-electron chi connectivity index (χ3n) is 4.42. The molecule has 3 aromatic carbocycles. The molecule has 0 aliphatic heterocycles. The van der Waals surface area contributed by atoms with E-state index in [4.69, 9.17) is 16.3 Å². The van der Waals surface area contributed by atoms with Crippen LogP contribution in [0.15, 0.2) is 71.6 Å². The second-order valence-corrected chi connectivity index (χ2v) is 8.67. The number of aryl methyl sites for hydroxylation is 1. The number of amides is 1. The number of carbonyl (C=O) groups is 1. The monoisotopic (exact) mass is 444 g/mol. The normalized spacial score (nSPS) is 11.2. The Morgan fingerprint density at radius 1 is 1.03 bits per heavy atom. The van der Waals surface area contributed by atoms with Gasteiger partial charge in [-0.2, -0.15) is 0 Å². The number of anilines is 2. The number of benzene rings is 3. The molecule has 0 heterocycles. The third kappa shape index (κ3) is 4.99. The molecule has 0 aliphatic rings. The highest BCUT2D eigenvalue weighted by Gasteiger charge is 2.20. The van der Waals surface area contributed by atoms with Crippen molar-refractivity contribution in [1.82, 2.24) is 0 Å². The van der Waals surface area contributed by atoms with Crippen LogP contribution >= 0.6 is 11.6 Å². The molecule has 0 aromatic heterocycles. The van der Waals surface area contributed by atoms with Gasteiger partial charge in [0.25, 0.3) is 15.9 Å². The highest BCUT2D eigenvalue weighted by Crippen LogP contribution is 2.27. The number of carbonyl (C=O) groups excluding carboxylic acids is 1. The van der Waals surface area contributed by atoms with E-state index >= 15 is 0 Å². The van der Waals surface area contributed by atoms with Gasteiger partial charge in [-0.15, -0.1) is 0 Å². The minimum Gasteiger partial charge on any atom is -0.380 e. The number of ether oxygens (including phenoxy) is 1. The van der Waals surface area contributed by atoms with E-state index in [2.05, 4.69) is 10.0 Å². The van der Waals surface area contributed by atoms with Gasteiger partial charge in [0.1, 0.15) is 0 Å². The summed E-state index contributed by atoms with van der Waals surface area (Å²) in [6.07, 6.45) is 0. The Bertz CT molecular complexity index is 1180. The van der Waals surface area contributed by atoms with Crippen LogP contribution in [0.25, 0.3) is 0 Å². The van der Waals surface area contributed by atoms with Gasteiger partial charge in [0.2, 0.25) is 0 Å². The quantitative estimate of drug-likeness (QED) is 0.545. The standard InChI is InChI=1S/C22H21ClN2O4S/c1-15-11-12-17(24-22(26)18-8-4-3-7-16(18)14-29-2)13-21(15)30(27,28)25-20-10-6-5-9-19(20)23/h3-13,25H,14H2,1-2H3,(H,24,26). The minimum absolute atomic E-state index is 0.0467. The molecule has 3 aromatic rings. The lowest BCUT2D eigenvalue weighted by molar-refractivity contribution is 0.102. The number of hydrogen-bond donors (Lipinski definition) is 2. The number of methoxy groups -OCH3 is 1. The maximum absolute atomic E-state index is 12.9. The molecule has 0 atom stereocenters. The zero-order valence-corrected chi connectivity index (χ0v) is 18.0. The minimum atomic E-state index is -3.91. The molecule has 0 bridgehead atoms. The van der Waals surface area contributed by atoms with E-state index in [1.54, 1.807) is 68.6 Å². The molecule has 0 radical (unpaired) electrons. The number of hydrogen-bond acceptors (Lipinski definition) is 4. The maximum Gasteiger partial charge on any atom is 0.262 e. The summed E-state index contributed by atoms with van der Waals surface area (Å²) in [5.74, 6) is -0.353. The zero-order chi connectivity index (χ0) is 21.7. The summed E-state index contributed by atoms with van der Waals surface area (Å²) in [6, 6.07) is 18.4. The second kappa shape index (κ2) is 9.30. The van der Waals surface area contributed by atoms with Gasteiger partial charge in [-0.25, -0.2) is 8.42 Å². The lowest BCUT2D eigenvalue weighted by atomic mass is 10.1. The van der Waals surface area contributed by atoms with Crippen LogP contribution in [0.4, 0.5) is 11.4 Å². The van der Waals surface area contributed by atoms with Crippen LogP contribution in [-0.4, -0.2) is 21.4 Å². The van der Waals surface area contributed by atoms with E-state index in [-0.39, 0.29) is 21.5 Å². The predicted molar refractivity (Wildman–Crippen MR) is 119 cm³/mol. The second-order valence-electron chi connectivity index (χ2n) is 6.61. The Balaban J connectivity index is 1.88. The summed E-state index contributed by atoms with van der Waals surface area (Å²) in [4.78, 5) is 12.8. The number of para-hydroxylation sites is 1. The lowest BCUT2D eigenvalue weighted by Crippen LogP contribution is -2.17. The zero-order valence-electron chi connectivity index (χ0n) is 16.5. The molecule has 2 N–H and O–H groups in total.